The molecule has 0 aromatic heterocycles. The van der Waals surface area contributed by atoms with Crippen LogP contribution in [0.15, 0.2) is 82.2 Å². The monoisotopic (exact) mass is 645 g/mol. The molecule has 0 saturated heterocycles. The molecule has 9 nitrogen and oxygen atoms in total. The van der Waals surface area contributed by atoms with Crippen LogP contribution in [-0.4, -0.2) is 58.5 Å². The number of benzene rings is 3. The van der Waals surface area contributed by atoms with Gasteiger partial charge in [0.2, 0.25) is 11.8 Å². The van der Waals surface area contributed by atoms with E-state index >= 15 is 0 Å². The number of hydrogen-bond donors (Lipinski definition) is 1. The lowest BCUT2D eigenvalue weighted by Gasteiger charge is -2.32. The summed E-state index contributed by atoms with van der Waals surface area (Å²) in [5, 5.41) is 2.88. The van der Waals surface area contributed by atoms with E-state index in [2.05, 4.69) is 21.2 Å². The van der Waals surface area contributed by atoms with Gasteiger partial charge in [-0.05, 0) is 54.8 Å². The van der Waals surface area contributed by atoms with Crippen molar-refractivity contribution in [3.8, 4) is 11.5 Å². The van der Waals surface area contributed by atoms with Crippen molar-refractivity contribution >= 4 is 43.5 Å². The summed E-state index contributed by atoms with van der Waals surface area (Å²) in [5.74, 6) is -0.0240. The van der Waals surface area contributed by atoms with Gasteiger partial charge in [0.1, 0.15) is 12.6 Å². The van der Waals surface area contributed by atoms with Gasteiger partial charge in [-0.25, -0.2) is 8.42 Å². The van der Waals surface area contributed by atoms with Crippen molar-refractivity contribution in [3.63, 3.8) is 0 Å². The summed E-state index contributed by atoms with van der Waals surface area (Å²) in [5.41, 5.74) is 1.09. The van der Waals surface area contributed by atoms with E-state index in [4.69, 9.17) is 9.47 Å². The summed E-state index contributed by atoms with van der Waals surface area (Å²) in [6, 6.07) is 19.2. The normalized spacial score (nSPS) is 12.0. The van der Waals surface area contributed by atoms with Crippen LogP contribution in [0.25, 0.3) is 0 Å². The minimum Gasteiger partial charge on any atom is -0.493 e. The lowest BCUT2D eigenvalue weighted by molar-refractivity contribution is -0.139. The summed E-state index contributed by atoms with van der Waals surface area (Å²) in [6.07, 6.45) is 0. The molecule has 0 aliphatic rings. The second kappa shape index (κ2) is 14.4. The number of ether oxygens (including phenoxy) is 2. The number of carbonyl (C=O) groups excluding carboxylic acids is 2. The number of halogens is 1. The molecular weight excluding hydrogens is 610 g/mol. The molecule has 0 fully saturated rings. The number of rotatable bonds is 13. The average molecular weight is 647 g/mol. The van der Waals surface area contributed by atoms with E-state index < -0.39 is 28.5 Å². The summed E-state index contributed by atoms with van der Waals surface area (Å²) in [7, 11) is -1.37. The fourth-order valence-corrected chi connectivity index (χ4v) is 5.74. The average Bonchev–Trinajstić information content (AvgIpc) is 2.97. The van der Waals surface area contributed by atoms with Crippen molar-refractivity contribution in [2.75, 3.05) is 31.6 Å². The van der Waals surface area contributed by atoms with E-state index in [1.54, 1.807) is 37.3 Å². The van der Waals surface area contributed by atoms with Crippen LogP contribution in [0, 0.1) is 5.92 Å². The van der Waals surface area contributed by atoms with Gasteiger partial charge in [-0.1, -0.05) is 60.1 Å². The molecule has 0 aliphatic heterocycles. The Balaban J connectivity index is 2.02. The minimum atomic E-state index is -4.24. The lowest BCUT2D eigenvalue weighted by Crippen LogP contribution is -2.51. The number of amides is 2. The Labute approximate surface area is 250 Å². The molecule has 11 heteroatoms. The van der Waals surface area contributed by atoms with Crippen molar-refractivity contribution in [2.45, 2.75) is 38.3 Å². The third-order valence-corrected chi connectivity index (χ3v) is 8.68. The third-order valence-electron chi connectivity index (χ3n) is 6.38. The highest BCUT2D eigenvalue weighted by atomic mass is 79.9. The zero-order valence-corrected chi connectivity index (χ0v) is 26.2. The smallest absolute Gasteiger partial charge is 0.264 e. The zero-order valence-electron chi connectivity index (χ0n) is 23.8. The highest BCUT2D eigenvalue weighted by Crippen LogP contribution is 2.32. The van der Waals surface area contributed by atoms with Gasteiger partial charge in [-0.3, -0.25) is 13.9 Å². The molecule has 41 heavy (non-hydrogen) atoms. The van der Waals surface area contributed by atoms with Gasteiger partial charge >= 0.3 is 0 Å². The summed E-state index contributed by atoms with van der Waals surface area (Å²) in [4.78, 5) is 28.4. The first-order valence-corrected chi connectivity index (χ1v) is 15.3. The van der Waals surface area contributed by atoms with Crippen LogP contribution in [-0.2, 0) is 26.2 Å². The molecule has 1 N–H and O–H groups in total. The van der Waals surface area contributed by atoms with E-state index in [9.17, 15) is 18.0 Å². The second-order valence-electron chi connectivity index (χ2n) is 9.83. The first-order valence-electron chi connectivity index (χ1n) is 13.1. The molecule has 0 aliphatic carbocycles. The lowest BCUT2D eigenvalue weighted by atomic mass is 10.1. The molecule has 220 valence electrons. The molecular formula is C30H36BrN3O6S. The quantitative estimate of drug-likeness (QED) is 0.285. The number of nitrogens with zero attached hydrogens (tertiary/aromatic N) is 2. The van der Waals surface area contributed by atoms with Crippen LogP contribution in [0.4, 0.5) is 5.69 Å². The largest absolute Gasteiger partial charge is 0.493 e. The molecule has 3 aromatic rings. The van der Waals surface area contributed by atoms with Crippen molar-refractivity contribution in [1.29, 1.82) is 0 Å². The van der Waals surface area contributed by atoms with Crippen LogP contribution < -0.4 is 19.1 Å². The fourth-order valence-electron chi connectivity index (χ4n) is 4.05. The predicted octanol–water partition coefficient (Wildman–Crippen LogP) is 4.85. The second-order valence-corrected chi connectivity index (χ2v) is 12.6. The number of anilines is 1. The predicted molar refractivity (Wildman–Crippen MR) is 163 cm³/mol. The molecule has 0 bridgehead atoms. The Bertz CT molecular complexity index is 1430. The van der Waals surface area contributed by atoms with Crippen LogP contribution in [0.1, 0.15) is 26.3 Å². The standard InChI is InChI=1S/C30H36BrN3O6S/c1-21(2)18-32-30(36)22(3)33(19-23-11-13-24(31)14-12-23)29(35)20-34(25-9-7-6-8-10-25)41(37,38)26-15-16-27(39-4)28(17-26)40-5/h6-17,21-22H,18-20H2,1-5H3,(H,32,36)/t22-/m1/s1. The van der Waals surface area contributed by atoms with E-state index in [0.29, 0.717) is 18.0 Å². The van der Waals surface area contributed by atoms with E-state index in [0.717, 1.165) is 14.3 Å². The number of carbonyl (C=O) groups is 2. The van der Waals surface area contributed by atoms with Gasteiger partial charge in [0.25, 0.3) is 10.0 Å². The van der Waals surface area contributed by atoms with Gasteiger partial charge in [0, 0.05) is 23.6 Å². The van der Waals surface area contributed by atoms with Crippen molar-refractivity contribution in [1.82, 2.24) is 10.2 Å². The molecule has 0 heterocycles. The van der Waals surface area contributed by atoms with Crippen LogP contribution in [0.2, 0.25) is 0 Å². The van der Waals surface area contributed by atoms with E-state index in [1.165, 1.54) is 37.3 Å². The Morgan fingerprint density at radius 1 is 0.902 bits per heavy atom. The highest BCUT2D eigenvalue weighted by molar-refractivity contribution is 9.10. The molecule has 0 unspecified atom stereocenters. The summed E-state index contributed by atoms with van der Waals surface area (Å²) in [6.45, 7) is 5.63. The summed E-state index contributed by atoms with van der Waals surface area (Å²) >= 11 is 3.41. The molecule has 1 atom stereocenters. The maximum absolute atomic E-state index is 14.0. The van der Waals surface area contributed by atoms with Crippen LogP contribution >= 0.6 is 15.9 Å². The molecule has 0 radical (unpaired) electrons. The van der Waals surface area contributed by atoms with Gasteiger partial charge in [0.15, 0.2) is 11.5 Å². The third kappa shape index (κ3) is 8.23. The molecule has 3 aromatic carbocycles. The molecule has 3 rings (SSSR count). The van der Waals surface area contributed by atoms with Crippen LogP contribution in [0.3, 0.4) is 0 Å². The van der Waals surface area contributed by atoms with Crippen molar-refractivity contribution in [2.24, 2.45) is 5.92 Å². The maximum Gasteiger partial charge on any atom is 0.264 e. The minimum absolute atomic E-state index is 0.0750. The SMILES string of the molecule is COc1ccc(S(=O)(=O)N(CC(=O)N(Cc2ccc(Br)cc2)[C@H](C)C(=O)NCC(C)C)c2ccccc2)cc1OC. The van der Waals surface area contributed by atoms with Crippen molar-refractivity contribution < 1.29 is 27.5 Å². The number of hydrogen-bond acceptors (Lipinski definition) is 6. The first kappa shape index (κ1) is 32.0. The Morgan fingerprint density at radius 3 is 2.12 bits per heavy atom. The number of nitrogens with one attached hydrogen (secondary N) is 1. The van der Waals surface area contributed by atoms with E-state index in [1.807, 2.05) is 38.1 Å². The Hall–Kier alpha value is -3.57. The van der Waals surface area contributed by atoms with Gasteiger partial charge in [-0.15, -0.1) is 0 Å². The molecule has 0 saturated carbocycles. The van der Waals surface area contributed by atoms with Gasteiger partial charge < -0.3 is 19.7 Å². The first-order chi connectivity index (χ1) is 19.5. The fraction of sp³-hybridized carbons (Fsp3) is 0.333. The number of sulfonamides is 1. The molecule has 0 spiro atoms. The highest BCUT2D eigenvalue weighted by Gasteiger charge is 2.33. The Morgan fingerprint density at radius 2 is 1.54 bits per heavy atom. The Kier molecular flexibility index (Phi) is 11.2. The van der Waals surface area contributed by atoms with E-state index in [-0.39, 0.29) is 29.0 Å². The van der Waals surface area contributed by atoms with Crippen LogP contribution in [0.5, 0.6) is 11.5 Å². The summed E-state index contributed by atoms with van der Waals surface area (Å²) < 4.78 is 40.5. The number of methoxy groups -OCH3 is 2. The maximum atomic E-state index is 14.0. The van der Waals surface area contributed by atoms with Gasteiger partial charge in [0.05, 0.1) is 24.8 Å². The molecule has 2 amide bonds. The number of para-hydroxylation sites is 1. The topological polar surface area (TPSA) is 105 Å². The van der Waals surface area contributed by atoms with Gasteiger partial charge in [-0.2, -0.15) is 0 Å². The zero-order chi connectivity index (χ0) is 30.2. The van der Waals surface area contributed by atoms with Crippen molar-refractivity contribution in [3.05, 3.63) is 82.8 Å².